The molecule has 0 aliphatic rings. The first-order valence-corrected chi connectivity index (χ1v) is 11.8. The van der Waals surface area contributed by atoms with Crippen molar-refractivity contribution in [1.29, 1.82) is 0 Å². The van der Waals surface area contributed by atoms with Crippen molar-refractivity contribution < 1.29 is 17.5 Å². The molecule has 0 unspecified atom stereocenters. The summed E-state index contributed by atoms with van der Waals surface area (Å²) in [5.74, 6) is -0.0914. The minimum Gasteiger partial charge on any atom is -0.324 e. The number of unbranched alkanes of at least 4 members (excludes halogenated alkanes) is 7. The Morgan fingerprint density at radius 1 is 0.625 bits per heavy atom. The van der Waals surface area contributed by atoms with Crippen molar-refractivity contribution in [3.8, 4) is 0 Å². The normalized spacial score (nSPS) is 12.7. The quantitative estimate of drug-likeness (QED) is 0.223. The fourth-order valence-electron chi connectivity index (χ4n) is 3.49. The zero-order chi connectivity index (χ0) is 18.3. The van der Waals surface area contributed by atoms with E-state index in [0.29, 0.717) is 6.42 Å². The molecule has 0 fully saturated rings. The average Bonchev–Trinajstić information content (AvgIpc) is 2.51. The lowest BCUT2D eigenvalue weighted by Crippen LogP contribution is -2.50. The topological polar surface area (TPSA) is 54.4 Å². The smallest absolute Gasteiger partial charge is 0.264 e. The molecule has 0 saturated heterocycles. The molecular weight excluding hydrogens is 322 g/mol. The summed E-state index contributed by atoms with van der Waals surface area (Å²) in [5.41, 5.74) is 0. The Kier molecular flexibility index (Phi) is 14.0. The van der Waals surface area contributed by atoms with E-state index in [4.69, 9.17) is 4.55 Å². The Bertz CT molecular complexity index is 356. The molecular formula is C19H42NO3S+. The SMILES string of the molecule is CCCCC[N+](CCCCC)(CCCCC)CCCCS(=O)(=O)O. The lowest BCUT2D eigenvalue weighted by Gasteiger charge is -2.39. The van der Waals surface area contributed by atoms with Crippen LogP contribution in [-0.4, -0.2) is 49.4 Å². The van der Waals surface area contributed by atoms with Crippen LogP contribution in [0.4, 0.5) is 0 Å². The Hall–Kier alpha value is -0.130. The Balaban J connectivity index is 4.70. The second-order valence-corrected chi connectivity index (χ2v) is 8.92. The van der Waals surface area contributed by atoms with Gasteiger partial charge in [0, 0.05) is 0 Å². The maximum Gasteiger partial charge on any atom is 0.264 e. The van der Waals surface area contributed by atoms with E-state index < -0.39 is 10.1 Å². The van der Waals surface area contributed by atoms with Gasteiger partial charge in [0.25, 0.3) is 10.1 Å². The third-order valence-electron chi connectivity index (χ3n) is 4.99. The number of hydrogen-bond acceptors (Lipinski definition) is 2. The summed E-state index contributed by atoms with van der Waals surface area (Å²) in [6.07, 6.45) is 12.9. The van der Waals surface area contributed by atoms with Gasteiger partial charge >= 0.3 is 0 Å². The fourth-order valence-corrected chi connectivity index (χ4v) is 4.06. The molecule has 0 atom stereocenters. The Morgan fingerprint density at radius 3 is 1.25 bits per heavy atom. The van der Waals surface area contributed by atoms with Gasteiger partial charge in [-0.15, -0.1) is 0 Å². The molecule has 0 aliphatic carbocycles. The fraction of sp³-hybridized carbons (Fsp3) is 1.00. The number of rotatable bonds is 17. The van der Waals surface area contributed by atoms with Crippen molar-refractivity contribution in [2.24, 2.45) is 0 Å². The Labute approximate surface area is 151 Å². The lowest BCUT2D eigenvalue weighted by atomic mass is 10.1. The Morgan fingerprint density at radius 2 is 0.958 bits per heavy atom. The highest BCUT2D eigenvalue weighted by molar-refractivity contribution is 7.85. The molecule has 24 heavy (non-hydrogen) atoms. The van der Waals surface area contributed by atoms with Crippen LogP contribution in [0.25, 0.3) is 0 Å². The van der Waals surface area contributed by atoms with Crippen LogP contribution in [0, 0.1) is 0 Å². The monoisotopic (exact) mass is 364 g/mol. The highest BCUT2D eigenvalue weighted by Crippen LogP contribution is 2.18. The lowest BCUT2D eigenvalue weighted by molar-refractivity contribution is -0.929. The van der Waals surface area contributed by atoms with Crippen LogP contribution in [0.5, 0.6) is 0 Å². The van der Waals surface area contributed by atoms with Gasteiger partial charge < -0.3 is 4.48 Å². The molecule has 0 heterocycles. The predicted octanol–water partition coefficient (Wildman–Crippen LogP) is 5.04. The molecule has 0 radical (unpaired) electrons. The second kappa shape index (κ2) is 14.1. The molecule has 5 heteroatoms. The molecule has 146 valence electrons. The van der Waals surface area contributed by atoms with Gasteiger partial charge in [-0.05, 0) is 51.4 Å². The average molecular weight is 365 g/mol. The van der Waals surface area contributed by atoms with Gasteiger partial charge in [0.1, 0.15) is 0 Å². The molecule has 0 aromatic carbocycles. The van der Waals surface area contributed by atoms with E-state index in [-0.39, 0.29) is 5.75 Å². The number of nitrogens with zero attached hydrogens (tertiary/aromatic N) is 1. The molecule has 0 amide bonds. The van der Waals surface area contributed by atoms with Crippen molar-refractivity contribution in [2.75, 3.05) is 31.9 Å². The van der Waals surface area contributed by atoms with Crippen LogP contribution in [0.2, 0.25) is 0 Å². The van der Waals surface area contributed by atoms with Gasteiger partial charge in [-0.1, -0.05) is 40.0 Å². The van der Waals surface area contributed by atoms with Gasteiger partial charge in [-0.3, -0.25) is 4.55 Å². The predicted molar refractivity (Wildman–Crippen MR) is 104 cm³/mol. The maximum absolute atomic E-state index is 10.9. The summed E-state index contributed by atoms with van der Waals surface area (Å²) < 4.78 is 32.0. The van der Waals surface area contributed by atoms with Crippen LogP contribution < -0.4 is 0 Å². The molecule has 0 rings (SSSR count). The summed E-state index contributed by atoms with van der Waals surface area (Å²) >= 11 is 0. The van der Waals surface area contributed by atoms with Gasteiger partial charge in [0.05, 0.1) is 31.9 Å². The van der Waals surface area contributed by atoms with Gasteiger partial charge in [-0.25, -0.2) is 0 Å². The molecule has 0 bridgehead atoms. The van der Waals surface area contributed by atoms with Gasteiger partial charge in [0.2, 0.25) is 0 Å². The van der Waals surface area contributed by atoms with Crippen LogP contribution in [0.3, 0.4) is 0 Å². The zero-order valence-corrected chi connectivity index (χ0v) is 17.2. The summed E-state index contributed by atoms with van der Waals surface area (Å²) in [6.45, 7) is 11.5. The second-order valence-electron chi connectivity index (χ2n) is 7.35. The third kappa shape index (κ3) is 13.2. The zero-order valence-electron chi connectivity index (χ0n) is 16.4. The van der Waals surface area contributed by atoms with E-state index in [1.165, 1.54) is 77.4 Å². The molecule has 0 saturated carbocycles. The van der Waals surface area contributed by atoms with E-state index in [1.807, 2.05) is 0 Å². The van der Waals surface area contributed by atoms with E-state index in [9.17, 15) is 8.42 Å². The van der Waals surface area contributed by atoms with Gasteiger partial charge in [0.15, 0.2) is 0 Å². The molecule has 0 aliphatic heterocycles. The first kappa shape index (κ1) is 23.9. The summed E-state index contributed by atoms with van der Waals surface area (Å²) in [4.78, 5) is 0. The first-order valence-electron chi connectivity index (χ1n) is 10.2. The standard InChI is InChI=1S/C19H41NO3S/c1-4-7-10-15-20(16-11-8-5-2,17-12-9-6-3)18-13-14-19-24(21,22)23/h4-19H2,1-3H3/p+1. The highest BCUT2D eigenvalue weighted by atomic mass is 32.2. The van der Waals surface area contributed by atoms with E-state index in [1.54, 1.807) is 0 Å². The summed E-state index contributed by atoms with van der Waals surface area (Å²) in [7, 11) is -3.81. The van der Waals surface area contributed by atoms with Crippen LogP contribution in [0.15, 0.2) is 0 Å². The number of quaternary nitrogens is 1. The minimum absolute atomic E-state index is 0.0914. The maximum atomic E-state index is 10.9. The van der Waals surface area contributed by atoms with E-state index >= 15 is 0 Å². The van der Waals surface area contributed by atoms with Crippen molar-refractivity contribution in [3.63, 3.8) is 0 Å². The van der Waals surface area contributed by atoms with Crippen LogP contribution in [-0.2, 0) is 10.1 Å². The minimum atomic E-state index is -3.81. The van der Waals surface area contributed by atoms with Crippen molar-refractivity contribution in [2.45, 2.75) is 91.4 Å². The van der Waals surface area contributed by atoms with Crippen molar-refractivity contribution >= 4 is 10.1 Å². The number of hydrogen-bond donors (Lipinski definition) is 1. The summed E-state index contributed by atoms with van der Waals surface area (Å²) in [5, 5.41) is 0. The molecule has 0 aromatic rings. The highest BCUT2D eigenvalue weighted by Gasteiger charge is 2.25. The van der Waals surface area contributed by atoms with Crippen molar-refractivity contribution in [1.82, 2.24) is 0 Å². The van der Waals surface area contributed by atoms with Crippen LogP contribution in [0.1, 0.15) is 91.4 Å². The third-order valence-corrected chi connectivity index (χ3v) is 5.80. The van der Waals surface area contributed by atoms with E-state index in [2.05, 4.69) is 20.8 Å². The molecule has 0 spiro atoms. The van der Waals surface area contributed by atoms with E-state index in [0.717, 1.165) is 17.4 Å². The first-order chi connectivity index (χ1) is 11.4. The molecule has 1 N–H and O–H groups in total. The van der Waals surface area contributed by atoms with Crippen molar-refractivity contribution in [3.05, 3.63) is 0 Å². The summed E-state index contributed by atoms with van der Waals surface area (Å²) in [6, 6.07) is 0. The largest absolute Gasteiger partial charge is 0.324 e. The van der Waals surface area contributed by atoms with Crippen LogP contribution >= 0.6 is 0 Å². The van der Waals surface area contributed by atoms with Gasteiger partial charge in [-0.2, -0.15) is 8.42 Å². The molecule has 4 nitrogen and oxygen atoms in total. The molecule has 0 aromatic heterocycles.